The van der Waals surface area contributed by atoms with E-state index >= 15 is 0 Å². The van der Waals surface area contributed by atoms with Crippen molar-refractivity contribution in [2.45, 2.75) is 32.6 Å². The predicted molar refractivity (Wildman–Crippen MR) is 99.6 cm³/mol. The maximum absolute atomic E-state index is 10.3. The largest absolute Gasteiger partial charge is 0.493 e. The average Bonchev–Trinajstić information content (AvgIpc) is 2.57. The number of hydrogen-bond acceptors (Lipinski definition) is 4. The second-order valence-electron chi connectivity index (χ2n) is 5.78. The van der Waals surface area contributed by atoms with Crippen molar-refractivity contribution in [2.24, 2.45) is 0 Å². The van der Waals surface area contributed by atoms with Crippen molar-refractivity contribution in [1.82, 2.24) is 5.32 Å². The zero-order valence-electron chi connectivity index (χ0n) is 14.3. The minimum absolute atomic E-state index is 0.0434. The molecule has 0 saturated carbocycles. The maximum atomic E-state index is 10.3. The summed E-state index contributed by atoms with van der Waals surface area (Å²) >= 11 is 3.57. The Hall–Kier alpha value is -1.56. The van der Waals surface area contributed by atoms with Gasteiger partial charge in [-0.15, -0.1) is 0 Å². The fourth-order valence-electron chi connectivity index (χ4n) is 2.40. The molecule has 2 aromatic carbocycles. The normalized spacial score (nSPS) is 12.2. The molecule has 0 spiro atoms. The van der Waals surface area contributed by atoms with Gasteiger partial charge in [0.2, 0.25) is 0 Å². The number of halogens is 1. The molecule has 24 heavy (non-hydrogen) atoms. The monoisotopic (exact) mass is 393 g/mol. The molecule has 0 heterocycles. The first-order chi connectivity index (χ1) is 11.5. The molecule has 130 valence electrons. The third-order valence-electron chi connectivity index (χ3n) is 3.56. The van der Waals surface area contributed by atoms with Gasteiger partial charge in [-0.25, -0.2) is 0 Å². The molecule has 0 saturated heterocycles. The second-order valence-corrected chi connectivity index (χ2v) is 6.64. The Labute approximate surface area is 151 Å². The number of nitrogens with one attached hydrogen (secondary N) is 1. The van der Waals surface area contributed by atoms with Gasteiger partial charge in [-0.3, -0.25) is 0 Å². The zero-order valence-corrected chi connectivity index (χ0v) is 15.8. The lowest BCUT2D eigenvalue weighted by atomic mass is 10.1. The molecule has 1 unspecified atom stereocenters. The minimum Gasteiger partial charge on any atom is -0.493 e. The van der Waals surface area contributed by atoms with Crippen LogP contribution in [0.5, 0.6) is 11.5 Å². The van der Waals surface area contributed by atoms with Gasteiger partial charge >= 0.3 is 0 Å². The van der Waals surface area contributed by atoms with E-state index in [-0.39, 0.29) is 6.10 Å². The third kappa shape index (κ3) is 4.97. The van der Waals surface area contributed by atoms with Crippen molar-refractivity contribution in [3.8, 4) is 11.5 Å². The molecule has 4 nitrogen and oxygen atoms in total. The lowest BCUT2D eigenvalue weighted by molar-refractivity contribution is 0.173. The quantitative estimate of drug-likeness (QED) is 0.709. The summed E-state index contributed by atoms with van der Waals surface area (Å²) in [6, 6.07) is 13.4. The molecule has 0 aliphatic carbocycles. The van der Waals surface area contributed by atoms with E-state index in [0.29, 0.717) is 18.8 Å². The SMILES string of the molecule is COc1ccc(Br)c(CNCC(O)c2ccccc2)c1OC(C)C. The van der Waals surface area contributed by atoms with Crippen molar-refractivity contribution >= 4 is 15.9 Å². The van der Waals surface area contributed by atoms with E-state index in [9.17, 15) is 5.11 Å². The van der Waals surface area contributed by atoms with Crippen LogP contribution in [0, 0.1) is 0 Å². The van der Waals surface area contributed by atoms with Crippen molar-refractivity contribution in [2.75, 3.05) is 13.7 Å². The fraction of sp³-hybridized carbons (Fsp3) is 0.368. The second kappa shape index (κ2) is 9.06. The Morgan fingerprint density at radius 1 is 1.12 bits per heavy atom. The summed E-state index contributed by atoms with van der Waals surface area (Å²) in [5.41, 5.74) is 1.87. The number of aliphatic hydroxyl groups is 1. The lowest BCUT2D eigenvalue weighted by Gasteiger charge is -2.19. The third-order valence-corrected chi connectivity index (χ3v) is 4.31. The highest BCUT2D eigenvalue weighted by Crippen LogP contribution is 2.37. The Morgan fingerprint density at radius 3 is 2.46 bits per heavy atom. The minimum atomic E-state index is -0.551. The van der Waals surface area contributed by atoms with Crippen LogP contribution >= 0.6 is 15.9 Å². The molecule has 0 aliphatic rings. The summed E-state index contributed by atoms with van der Waals surface area (Å²) in [4.78, 5) is 0. The van der Waals surface area contributed by atoms with Crippen LogP contribution < -0.4 is 14.8 Å². The summed E-state index contributed by atoms with van der Waals surface area (Å²) in [5.74, 6) is 1.43. The predicted octanol–water partition coefficient (Wildman–Crippen LogP) is 4.07. The van der Waals surface area contributed by atoms with Crippen LogP contribution in [0.25, 0.3) is 0 Å². The lowest BCUT2D eigenvalue weighted by Crippen LogP contribution is -2.22. The summed E-state index contributed by atoms with van der Waals surface area (Å²) in [6.45, 7) is 4.98. The number of hydrogen-bond donors (Lipinski definition) is 2. The summed E-state index contributed by atoms with van der Waals surface area (Å²) < 4.78 is 12.3. The molecule has 5 heteroatoms. The van der Waals surface area contributed by atoms with Gasteiger partial charge in [0.1, 0.15) is 0 Å². The molecular weight excluding hydrogens is 370 g/mol. The highest BCUT2D eigenvalue weighted by atomic mass is 79.9. The van der Waals surface area contributed by atoms with Crippen LogP contribution in [0.1, 0.15) is 31.1 Å². The standard InChI is InChI=1S/C19H24BrNO3/c1-13(2)24-19-15(16(20)9-10-18(19)23-3)11-21-12-17(22)14-7-5-4-6-8-14/h4-10,13,17,21-22H,11-12H2,1-3H3. The fourth-order valence-corrected chi connectivity index (χ4v) is 2.85. The first kappa shape index (κ1) is 18.8. The average molecular weight is 394 g/mol. The number of aliphatic hydroxyl groups excluding tert-OH is 1. The molecule has 0 aromatic heterocycles. The number of benzene rings is 2. The molecule has 1 atom stereocenters. The topological polar surface area (TPSA) is 50.7 Å². The molecular formula is C19H24BrNO3. The van der Waals surface area contributed by atoms with E-state index in [4.69, 9.17) is 9.47 Å². The molecule has 0 fully saturated rings. The smallest absolute Gasteiger partial charge is 0.167 e. The van der Waals surface area contributed by atoms with Gasteiger partial charge in [0, 0.05) is 23.1 Å². The van der Waals surface area contributed by atoms with Crippen LogP contribution in [0.4, 0.5) is 0 Å². The Balaban J connectivity index is 2.08. The Kier molecular flexibility index (Phi) is 7.09. The van der Waals surface area contributed by atoms with Crippen LogP contribution in [-0.4, -0.2) is 24.9 Å². The van der Waals surface area contributed by atoms with Gasteiger partial charge in [-0.2, -0.15) is 0 Å². The number of ether oxygens (including phenoxy) is 2. The summed E-state index contributed by atoms with van der Waals surface area (Å²) in [5, 5.41) is 13.5. The number of rotatable bonds is 8. The van der Waals surface area contributed by atoms with Crippen molar-refractivity contribution in [3.63, 3.8) is 0 Å². The van der Waals surface area contributed by atoms with Gasteiger partial charge in [0.15, 0.2) is 11.5 Å². The van der Waals surface area contributed by atoms with Crippen LogP contribution in [0.2, 0.25) is 0 Å². The van der Waals surface area contributed by atoms with Crippen LogP contribution in [-0.2, 0) is 6.54 Å². The highest BCUT2D eigenvalue weighted by Gasteiger charge is 2.16. The zero-order chi connectivity index (χ0) is 17.5. The van der Waals surface area contributed by atoms with E-state index in [0.717, 1.165) is 21.3 Å². The van der Waals surface area contributed by atoms with Crippen molar-refractivity contribution < 1.29 is 14.6 Å². The number of methoxy groups -OCH3 is 1. The highest BCUT2D eigenvalue weighted by molar-refractivity contribution is 9.10. The van der Waals surface area contributed by atoms with Gasteiger partial charge in [-0.1, -0.05) is 46.3 Å². The van der Waals surface area contributed by atoms with Gasteiger partial charge < -0.3 is 19.9 Å². The molecule has 0 radical (unpaired) electrons. The van der Waals surface area contributed by atoms with E-state index in [1.54, 1.807) is 7.11 Å². The summed E-state index contributed by atoms with van der Waals surface area (Å²) in [6.07, 6.45) is -0.507. The molecule has 0 aliphatic heterocycles. The van der Waals surface area contributed by atoms with Crippen molar-refractivity contribution in [1.29, 1.82) is 0 Å². The van der Waals surface area contributed by atoms with E-state index in [2.05, 4.69) is 21.2 Å². The molecule has 0 bridgehead atoms. The van der Waals surface area contributed by atoms with Crippen molar-refractivity contribution in [3.05, 3.63) is 58.1 Å². The molecule has 2 aromatic rings. The molecule has 0 amide bonds. The van der Waals surface area contributed by atoms with E-state index in [1.165, 1.54) is 0 Å². The van der Waals surface area contributed by atoms with Crippen LogP contribution in [0.15, 0.2) is 46.9 Å². The maximum Gasteiger partial charge on any atom is 0.167 e. The first-order valence-electron chi connectivity index (χ1n) is 7.98. The van der Waals surface area contributed by atoms with Crippen LogP contribution in [0.3, 0.4) is 0 Å². The van der Waals surface area contributed by atoms with Gasteiger partial charge in [0.05, 0.1) is 19.3 Å². The Morgan fingerprint density at radius 2 is 1.83 bits per heavy atom. The molecule has 2 rings (SSSR count). The van der Waals surface area contributed by atoms with Gasteiger partial charge in [-0.05, 0) is 31.5 Å². The van der Waals surface area contributed by atoms with E-state index < -0.39 is 6.10 Å². The summed E-state index contributed by atoms with van der Waals surface area (Å²) in [7, 11) is 1.63. The first-order valence-corrected chi connectivity index (χ1v) is 8.78. The van der Waals surface area contributed by atoms with E-state index in [1.807, 2.05) is 56.3 Å². The van der Waals surface area contributed by atoms with Gasteiger partial charge in [0.25, 0.3) is 0 Å². The molecule has 2 N–H and O–H groups in total. The Bertz CT molecular complexity index is 647.